The van der Waals surface area contributed by atoms with Gasteiger partial charge in [0.2, 0.25) is 0 Å². The minimum Gasteiger partial charge on any atom is -0.489 e. The lowest BCUT2D eigenvalue weighted by Gasteiger charge is -2.18. The van der Waals surface area contributed by atoms with Gasteiger partial charge in [0.25, 0.3) is 0 Å². The normalized spacial score (nSPS) is 13.9. The van der Waals surface area contributed by atoms with Crippen LogP contribution in [0.1, 0.15) is 16.7 Å². The maximum absolute atomic E-state index is 12.8. The SMILES string of the molecule is Fc1ccc(OCc2ccc3c(c2)CCNC3)cc1. The van der Waals surface area contributed by atoms with Gasteiger partial charge in [-0.1, -0.05) is 18.2 Å². The van der Waals surface area contributed by atoms with Gasteiger partial charge in [0.1, 0.15) is 18.2 Å². The fraction of sp³-hybridized carbons (Fsp3) is 0.250. The Balaban J connectivity index is 1.68. The Labute approximate surface area is 112 Å². The zero-order valence-electron chi connectivity index (χ0n) is 10.7. The summed E-state index contributed by atoms with van der Waals surface area (Å²) in [6.07, 6.45) is 1.07. The summed E-state index contributed by atoms with van der Waals surface area (Å²) in [5, 5.41) is 3.36. The first-order chi connectivity index (χ1) is 9.31. The summed E-state index contributed by atoms with van der Waals surface area (Å²) in [4.78, 5) is 0. The van der Waals surface area contributed by atoms with E-state index in [0.717, 1.165) is 25.1 Å². The first kappa shape index (κ1) is 12.2. The topological polar surface area (TPSA) is 21.3 Å². The van der Waals surface area contributed by atoms with E-state index in [0.29, 0.717) is 12.4 Å². The Morgan fingerprint density at radius 2 is 1.89 bits per heavy atom. The fourth-order valence-corrected chi connectivity index (χ4v) is 2.32. The van der Waals surface area contributed by atoms with Crippen LogP contribution in [0.25, 0.3) is 0 Å². The summed E-state index contributed by atoms with van der Waals surface area (Å²) in [6, 6.07) is 12.6. The molecule has 0 aromatic heterocycles. The van der Waals surface area contributed by atoms with Crippen molar-refractivity contribution in [3.63, 3.8) is 0 Å². The zero-order chi connectivity index (χ0) is 13.1. The monoisotopic (exact) mass is 257 g/mol. The molecule has 2 aromatic rings. The van der Waals surface area contributed by atoms with Crippen molar-refractivity contribution in [2.75, 3.05) is 6.54 Å². The largest absolute Gasteiger partial charge is 0.489 e. The molecule has 0 radical (unpaired) electrons. The summed E-state index contributed by atoms with van der Waals surface area (Å²) in [5.74, 6) is 0.453. The van der Waals surface area contributed by atoms with Crippen LogP contribution >= 0.6 is 0 Å². The quantitative estimate of drug-likeness (QED) is 0.912. The van der Waals surface area contributed by atoms with Crippen molar-refractivity contribution < 1.29 is 9.13 Å². The van der Waals surface area contributed by atoms with Crippen LogP contribution < -0.4 is 10.1 Å². The summed E-state index contributed by atoms with van der Waals surface area (Å²) >= 11 is 0. The van der Waals surface area contributed by atoms with Crippen molar-refractivity contribution in [2.45, 2.75) is 19.6 Å². The van der Waals surface area contributed by atoms with Crippen LogP contribution in [0, 0.1) is 5.82 Å². The van der Waals surface area contributed by atoms with Crippen LogP contribution in [-0.4, -0.2) is 6.54 Å². The molecule has 19 heavy (non-hydrogen) atoms. The first-order valence-electron chi connectivity index (χ1n) is 6.51. The van der Waals surface area contributed by atoms with Crippen molar-refractivity contribution in [3.05, 3.63) is 65.0 Å². The zero-order valence-corrected chi connectivity index (χ0v) is 10.7. The molecule has 3 heteroatoms. The highest BCUT2D eigenvalue weighted by Gasteiger charge is 2.08. The van der Waals surface area contributed by atoms with Crippen molar-refractivity contribution in [1.29, 1.82) is 0 Å². The van der Waals surface area contributed by atoms with Gasteiger partial charge in [-0.2, -0.15) is 0 Å². The summed E-state index contributed by atoms with van der Waals surface area (Å²) in [7, 11) is 0. The van der Waals surface area contributed by atoms with E-state index in [1.54, 1.807) is 12.1 Å². The highest BCUT2D eigenvalue weighted by atomic mass is 19.1. The molecule has 0 bridgehead atoms. The molecule has 3 rings (SSSR count). The molecule has 0 spiro atoms. The smallest absolute Gasteiger partial charge is 0.123 e. The molecule has 0 aliphatic carbocycles. The first-order valence-corrected chi connectivity index (χ1v) is 6.51. The predicted octanol–water partition coefficient (Wildman–Crippen LogP) is 3.05. The molecule has 1 heterocycles. The highest BCUT2D eigenvalue weighted by Crippen LogP contribution is 2.18. The Morgan fingerprint density at radius 3 is 2.74 bits per heavy atom. The van der Waals surface area contributed by atoms with Crippen LogP contribution in [0.15, 0.2) is 42.5 Å². The summed E-state index contributed by atoms with van der Waals surface area (Å²) in [5.41, 5.74) is 3.93. The van der Waals surface area contributed by atoms with Gasteiger partial charge in [-0.3, -0.25) is 0 Å². The molecule has 0 saturated heterocycles. The second-order valence-corrected chi connectivity index (χ2v) is 4.77. The number of benzene rings is 2. The van der Waals surface area contributed by atoms with Crippen LogP contribution in [-0.2, 0) is 19.6 Å². The van der Waals surface area contributed by atoms with Crippen LogP contribution in [0.5, 0.6) is 5.75 Å². The lowest BCUT2D eigenvalue weighted by Crippen LogP contribution is -2.23. The second-order valence-electron chi connectivity index (χ2n) is 4.77. The van der Waals surface area contributed by atoms with E-state index >= 15 is 0 Å². The number of hydrogen-bond acceptors (Lipinski definition) is 2. The molecule has 1 aliphatic heterocycles. The third kappa shape index (κ3) is 2.93. The third-order valence-electron chi connectivity index (χ3n) is 3.38. The maximum atomic E-state index is 12.8. The molecular weight excluding hydrogens is 241 g/mol. The Hall–Kier alpha value is -1.87. The Morgan fingerprint density at radius 1 is 1.05 bits per heavy atom. The van der Waals surface area contributed by atoms with E-state index < -0.39 is 0 Å². The number of nitrogens with one attached hydrogen (secondary N) is 1. The highest BCUT2D eigenvalue weighted by molar-refractivity contribution is 5.34. The van der Waals surface area contributed by atoms with Gasteiger partial charge in [-0.05, 0) is 53.9 Å². The number of hydrogen-bond donors (Lipinski definition) is 1. The van der Waals surface area contributed by atoms with Gasteiger partial charge in [0.15, 0.2) is 0 Å². The summed E-state index contributed by atoms with van der Waals surface area (Å²) < 4.78 is 18.4. The van der Waals surface area contributed by atoms with Crippen LogP contribution in [0.2, 0.25) is 0 Å². The van der Waals surface area contributed by atoms with Gasteiger partial charge < -0.3 is 10.1 Å². The molecule has 0 amide bonds. The maximum Gasteiger partial charge on any atom is 0.123 e. The average Bonchev–Trinajstić information content (AvgIpc) is 2.46. The molecule has 1 N–H and O–H groups in total. The van der Waals surface area contributed by atoms with Crippen molar-refractivity contribution in [1.82, 2.24) is 5.32 Å². The molecule has 0 fully saturated rings. The number of rotatable bonds is 3. The lowest BCUT2D eigenvalue weighted by atomic mass is 9.99. The van der Waals surface area contributed by atoms with Crippen molar-refractivity contribution >= 4 is 0 Å². The Kier molecular flexibility index (Phi) is 3.47. The predicted molar refractivity (Wildman–Crippen MR) is 72.6 cm³/mol. The van der Waals surface area contributed by atoms with E-state index in [1.165, 1.54) is 23.3 Å². The second kappa shape index (κ2) is 5.41. The molecule has 0 atom stereocenters. The van der Waals surface area contributed by atoms with Crippen LogP contribution in [0.3, 0.4) is 0 Å². The van der Waals surface area contributed by atoms with Gasteiger partial charge in [0, 0.05) is 6.54 Å². The van der Waals surface area contributed by atoms with Gasteiger partial charge in [-0.25, -0.2) is 4.39 Å². The average molecular weight is 257 g/mol. The van der Waals surface area contributed by atoms with Crippen LogP contribution in [0.4, 0.5) is 4.39 Å². The molecule has 98 valence electrons. The van der Waals surface area contributed by atoms with E-state index in [4.69, 9.17) is 4.74 Å². The van der Waals surface area contributed by atoms with Gasteiger partial charge >= 0.3 is 0 Å². The van der Waals surface area contributed by atoms with Gasteiger partial charge in [0.05, 0.1) is 0 Å². The van der Waals surface area contributed by atoms with Crippen molar-refractivity contribution in [2.24, 2.45) is 0 Å². The minimum atomic E-state index is -0.242. The number of ether oxygens (including phenoxy) is 1. The molecule has 2 nitrogen and oxygen atoms in total. The molecule has 0 saturated carbocycles. The fourth-order valence-electron chi connectivity index (χ4n) is 2.32. The molecule has 0 unspecified atom stereocenters. The van der Waals surface area contributed by atoms with E-state index in [2.05, 4.69) is 23.5 Å². The number of fused-ring (bicyclic) bond motifs is 1. The Bertz CT molecular complexity index is 565. The van der Waals surface area contributed by atoms with E-state index in [-0.39, 0.29) is 5.82 Å². The minimum absolute atomic E-state index is 0.242. The molecular formula is C16H16FNO. The standard InChI is InChI=1S/C16H16FNO/c17-15-3-5-16(6-4-15)19-11-12-1-2-14-10-18-8-7-13(14)9-12/h1-6,9,18H,7-8,10-11H2. The van der Waals surface area contributed by atoms with Crippen molar-refractivity contribution in [3.8, 4) is 5.75 Å². The lowest BCUT2D eigenvalue weighted by molar-refractivity contribution is 0.305. The van der Waals surface area contributed by atoms with E-state index in [9.17, 15) is 4.39 Å². The molecule has 2 aromatic carbocycles. The summed E-state index contributed by atoms with van der Waals surface area (Å²) in [6.45, 7) is 2.51. The number of halogens is 1. The van der Waals surface area contributed by atoms with Gasteiger partial charge in [-0.15, -0.1) is 0 Å². The van der Waals surface area contributed by atoms with E-state index in [1.807, 2.05) is 0 Å². The molecule has 1 aliphatic rings. The third-order valence-corrected chi connectivity index (χ3v) is 3.38.